The molecule has 3 rings (SSSR count). The van der Waals surface area contributed by atoms with Crippen LogP contribution in [0, 0.1) is 17.8 Å². The van der Waals surface area contributed by atoms with Crippen LogP contribution in [0.2, 0.25) is 0 Å². The zero-order valence-electron chi connectivity index (χ0n) is 10.5. The zero-order chi connectivity index (χ0) is 13.4. The third-order valence-electron chi connectivity index (χ3n) is 4.01. The van der Waals surface area contributed by atoms with E-state index in [1.807, 2.05) is 0 Å². The molecule has 2 fully saturated rings. The van der Waals surface area contributed by atoms with Gasteiger partial charge >= 0.3 is 5.97 Å². The fraction of sp³-hybridized carbons (Fsp3) is 0.667. The van der Waals surface area contributed by atoms with Gasteiger partial charge in [-0.3, -0.25) is 4.79 Å². The highest BCUT2D eigenvalue weighted by molar-refractivity contribution is 5.84. The number of rotatable bonds is 5. The number of nitrogens with one attached hydrogen (secondary N) is 1. The first-order valence-electron chi connectivity index (χ1n) is 6.54. The van der Waals surface area contributed by atoms with Crippen molar-refractivity contribution in [1.29, 1.82) is 0 Å². The summed E-state index contributed by atoms with van der Waals surface area (Å²) in [4.78, 5) is 22.5. The Morgan fingerprint density at radius 1 is 1.37 bits per heavy atom. The third-order valence-corrected chi connectivity index (χ3v) is 4.01. The monoisotopic (exact) mass is 264 g/mol. The summed E-state index contributed by atoms with van der Waals surface area (Å²) in [5.41, 5.74) is -0.0813. The summed E-state index contributed by atoms with van der Waals surface area (Å²) in [7, 11) is 0. The highest BCUT2D eigenvalue weighted by atomic mass is 16.4. The lowest BCUT2D eigenvalue weighted by Gasteiger charge is -2.11. The average Bonchev–Trinajstić information content (AvgIpc) is 2.81. The van der Waals surface area contributed by atoms with E-state index in [1.165, 1.54) is 17.3 Å². The number of fused-ring (bicyclic) bond motifs is 1. The van der Waals surface area contributed by atoms with E-state index in [0.29, 0.717) is 13.1 Å². The van der Waals surface area contributed by atoms with Crippen LogP contribution >= 0.6 is 0 Å². The van der Waals surface area contributed by atoms with Crippen LogP contribution in [-0.2, 0) is 11.3 Å². The number of carboxylic acid groups (broad SMARTS) is 1. The van der Waals surface area contributed by atoms with Crippen molar-refractivity contribution in [3.8, 4) is 0 Å². The standard InChI is InChI=1S/C12H16N4O3/c17-11(9-4-7-3-8(7)5-9)13-1-2-16-6-10(12(18)19)14-15-16/h6-9H,1-5H2,(H,13,17)(H,18,19). The number of carbonyl (C=O) groups excluding carboxylic acids is 1. The minimum absolute atomic E-state index is 0.0813. The molecule has 1 heterocycles. The normalized spacial score (nSPS) is 27.9. The maximum Gasteiger partial charge on any atom is 0.358 e. The molecule has 7 nitrogen and oxygen atoms in total. The van der Waals surface area contributed by atoms with E-state index in [2.05, 4.69) is 15.6 Å². The molecule has 7 heteroatoms. The predicted molar refractivity (Wildman–Crippen MR) is 64.3 cm³/mol. The van der Waals surface area contributed by atoms with E-state index < -0.39 is 5.97 Å². The molecule has 2 aliphatic rings. The Balaban J connectivity index is 1.42. The van der Waals surface area contributed by atoms with Gasteiger partial charge in [-0.05, 0) is 31.1 Å². The van der Waals surface area contributed by atoms with Crippen LogP contribution in [0.5, 0.6) is 0 Å². The molecule has 0 aromatic carbocycles. The number of carboxylic acids is 1. The van der Waals surface area contributed by atoms with Crippen molar-refractivity contribution in [2.24, 2.45) is 17.8 Å². The second-order valence-electron chi connectivity index (χ2n) is 5.39. The number of hydrogen-bond acceptors (Lipinski definition) is 4. The molecular formula is C12H16N4O3. The van der Waals surface area contributed by atoms with Gasteiger partial charge in [-0.1, -0.05) is 5.21 Å². The number of carbonyl (C=O) groups is 2. The van der Waals surface area contributed by atoms with Crippen molar-refractivity contribution in [3.63, 3.8) is 0 Å². The van der Waals surface area contributed by atoms with Crippen molar-refractivity contribution in [1.82, 2.24) is 20.3 Å². The summed E-state index contributed by atoms with van der Waals surface area (Å²) >= 11 is 0. The van der Waals surface area contributed by atoms with Crippen molar-refractivity contribution in [3.05, 3.63) is 11.9 Å². The molecule has 1 aromatic heterocycles. The van der Waals surface area contributed by atoms with Crippen molar-refractivity contribution in [2.45, 2.75) is 25.8 Å². The smallest absolute Gasteiger partial charge is 0.358 e. The number of hydrogen-bond donors (Lipinski definition) is 2. The van der Waals surface area contributed by atoms with Crippen molar-refractivity contribution >= 4 is 11.9 Å². The van der Waals surface area contributed by atoms with Gasteiger partial charge in [-0.2, -0.15) is 0 Å². The van der Waals surface area contributed by atoms with E-state index >= 15 is 0 Å². The Kier molecular flexibility index (Phi) is 2.96. The van der Waals surface area contributed by atoms with E-state index in [4.69, 9.17) is 5.11 Å². The lowest BCUT2D eigenvalue weighted by atomic mass is 10.0. The summed E-state index contributed by atoms with van der Waals surface area (Å²) < 4.78 is 1.43. The first-order chi connectivity index (χ1) is 9.13. The number of nitrogens with zero attached hydrogens (tertiary/aromatic N) is 3. The fourth-order valence-electron chi connectivity index (χ4n) is 2.87. The molecule has 0 radical (unpaired) electrons. The number of aromatic carboxylic acids is 1. The molecule has 0 bridgehead atoms. The summed E-state index contributed by atoms with van der Waals surface area (Å²) in [6, 6.07) is 0. The van der Waals surface area contributed by atoms with Gasteiger partial charge in [0, 0.05) is 12.5 Å². The molecule has 1 aromatic rings. The van der Waals surface area contributed by atoms with Crippen LogP contribution in [0.25, 0.3) is 0 Å². The molecule has 102 valence electrons. The highest BCUT2D eigenvalue weighted by Gasteiger charge is 2.47. The van der Waals surface area contributed by atoms with Gasteiger partial charge in [-0.15, -0.1) is 5.10 Å². The van der Waals surface area contributed by atoms with Crippen molar-refractivity contribution < 1.29 is 14.7 Å². The topological polar surface area (TPSA) is 97.1 Å². The Morgan fingerprint density at radius 3 is 2.74 bits per heavy atom. The molecule has 0 aliphatic heterocycles. The van der Waals surface area contributed by atoms with Crippen LogP contribution in [0.4, 0.5) is 0 Å². The van der Waals surface area contributed by atoms with Crippen LogP contribution in [0.1, 0.15) is 29.8 Å². The molecule has 2 unspecified atom stereocenters. The second-order valence-corrected chi connectivity index (χ2v) is 5.39. The predicted octanol–water partition coefficient (Wildman–Crippen LogP) is 0.139. The second kappa shape index (κ2) is 4.64. The van der Waals surface area contributed by atoms with E-state index in [-0.39, 0.29) is 17.5 Å². The van der Waals surface area contributed by atoms with E-state index in [0.717, 1.165) is 24.7 Å². The molecule has 0 spiro atoms. The molecule has 19 heavy (non-hydrogen) atoms. The largest absolute Gasteiger partial charge is 0.476 e. The molecule has 0 saturated heterocycles. The van der Waals surface area contributed by atoms with Gasteiger partial charge in [0.1, 0.15) is 0 Å². The van der Waals surface area contributed by atoms with Crippen molar-refractivity contribution in [2.75, 3.05) is 6.54 Å². The van der Waals surface area contributed by atoms with Crippen LogP contribution in [0.15, 0.2) is 6.20 Å². The van der Waals surface area contributed by atoms with Gasteiger partial charge in [0.2, 0.25) is 5.91 Å². The molecule has 2 atom stereocenters. The Labute approximate surface area is 110 Å². The maximum atomic E-state index is 11.9. The van der Waals surface area contributed by atoms with E-state index in [9.17, 15) is 9.59 Å². The van der Waals surface area contributed by atoms with Gasteiger partial charge < -0.3 is 10.4 Å². The highest BCUT2D eigenvalue weighted by Crippen LogP contribution is 2.54. The first kappa shape index (κ1) is 12.1. The van der Waals surface area contributed by atoms with Crippen LogP contribution < -0.4 is 5.32 Å². The fourth-order valence-corrected chi connectivity index (χ4v) is 2.87. The zero-order valence-corrected chi connectivity index (χ0v) is 10.5. The Bertz CT molecular complexity index is 503. The molecule has 1 amide bonds. The minimum Gasteiger partial charge on any atom is -0.476 e. The minimum atomic E-state index is -1.10. The first-order valence-corrected chi connectivity index (χ1v) is 6.54. The average molecular weight is 264 g/mol. The maximum absolute atomic E-state index is 11.9. The lowest BCUT2D eigenvalue weighted by Crippen LogP contribution is -2.32. The molecule has 2 aliphatic carbocycles. The van der Waals surface area contributed by atoms with Gasteiger partial charge in [-0.25, -0.2) is 9.48 Å². The Hall–Kier alpha value is -1.92. The van der Waals surface area contributed by atoms with E-state index in [1.54, 1.807) is 0 Å². The third kappa shape index (κ3) is 2.59. The van der Waals surface area contributed by atoms with Gasteiger partial charge in [0.15, 0.2) is 5.69 Å². The van der Waals surface area contributed by atoms with Crippen LogP contribution in [-0.4, -0.2) is 38.5 Å². The van der Waals surface area contributed by atoms with Crippen LogP contribution in [0.3, 0.4) is 0 Å². The summed E-state index contributed by atoms with van der Waals surface area (Å²) in [6.45, 7) is 0.888. The Morgan fingerprint density at radius 2 is 2.11 bits per heavy atom. The van der Waals surface area contributed by atoms with Gasteiger partial charge in [0.25, 0.3) is 0 Å². The SMILES string of the molecule is O=C(O)c1cn(CCNC(=O)C2CC3CC3C2)nn1. The summed E-state index contributed by atoms with van der Waals surface area (Å²) in [6.07, 6.45) is 4.73. The quantitative estimate of drug-likeness (QED) is 0.788. The number of amides is 1. The molecule has 2 saturated carbocycles. The number of aromatic nitrogens is 3. The molecular weight excluding hydrogens is 248 g/mol. The summed E-state index contributed by atoms with van der Waals surface area (Å²) in [5.74, 6) is 0.786. The summed E-state index contributed by atoms with van der Waals surface area (Å²) in [5, 5.41) is 18.8. The van der Waals surface area contributed by atoms with Gasteiger partial charge in [0.05, 0.1) is 12.7 Å². The molecule has 2 N–H and O–H groups in total. The lowest BCUT2D eigenvalue weighted by molar-refractivity contribution is -0.125.